The number of amides is 1. The number of carbonyl (C=O) groups excluding carboxylic acids is 2. The molecule has 1 amide bonds. The highest BCUT2D eigenvalue weighted by Crippen LogP contribution is 2.28. The van der Waals surface area contributed by atoms with Crippen LogP contribution in [0.25, 0.3) is 22.1 Å². The van der Waals surface area contributed by atoms with Crippen molar-refractivity contribution in [2.75, 3.05) is 12.4 Å². The first-order chi connectivity index (χ1) is 14.9. The molecule has 3 aromatic rings. The molecule has 0 saturated carbocycles. The van der Waals surface area contributed by atoms with Crippen molar-refractivity contribution >= 4 is 47.8 Å². The number of aromatic nitrogens is 1. The van der Waals surface area contributed by atoms with Crippen molar-refractivity contribution in [1.82, 2.24) is 4.98 Å². The Bertz CT molecular complexity index is 1280. The number of carbonyl (C=O) groups is 2. The van der Waals surface area contributed by atoms with Gasteiger partial charge in [0.1, 0.15) is 16.7 Å². The second kappa shape index (κ2) is 8.27. The van der Waals surface area contributed by atoms with E-state index in [1.165, 1.54) is 25.1 Å². The van der Waals surface area contributed by atoms with Gasteiger partial charge in [0.25, 0.3) is 0 Å². The highest BCUT2D eigenvalue weighted by atomic mass is 16.6. The molecule has 0 saturated heterocycles. The summed E-state index contributed by atoms with van der Waals surface area (Å²) in [6.45, 7) is 6.58. The second-order valence-corrected chi connectivity index (χ2v) is 8.48. The Labute approximate surface area is 185 Å². The number of fused-ring (bicyclic) bond motifs is 2. The lowest BCUT2D eigenvalue weighted by atomic mass is 9.82. The second-order valence-electron chi connectivity index (χ2n) is 8.48. The first kappa shape index (κ1) is 23.3. The third-order valence-corrected chi connectivity index (χ3v) is 4.71. The molecule has 0 aliphatic carbocycles. The summed E-state index contributed by atoms with van der Waals surface area (Å²) in [5, 5.41) is 13.0. The molecule has 0 aliphatic heterocycles. The van der Waals surface area contributed by atoms with Crippen LogP contribution in [-0.4, -0.2) is 42.7 Å². The predicted octanol–water partition coefficient (Wildman–Crippen LogP) is 3.27. The molecule has 0 spiro atoms. The largest absolute Gasteiger partial charge is 0.465 e. The number of pyridine rings is 1. The Kier molecular flexibility index (Phi) is 6.01. The van der Waals surface area contributed by atoms with Crippen molar-refractivity contribution in [3.05, 3.63) is 45.6 Å². The normalized spacial score (nSPS) is 13.6. The van der Waals surface area contributed by atoms with Gasteiger partial charge in [0.05, 0.1) is 31.3 Å². The standard InChI is InChI=1S/C22H23BN2O7/c1-21(2,3)32-20(28)25-17-14(19(27)30-5)9-13-16(26)12-8-11(22(4,29)10-23)6-7-15(12)31-18(13)24-17/h6-9,29H,10H2,1-5H3,(H,24,25,28). The van der Waals surface area contributed by atoms with E-state index in [0.717, 1.165) is 7.11 Å². The lowest BCUT2D eigenvalue weighted by Crippen LogP contribution is -2.28. The van der Waals surface area contributed by atoms with Gasteiger partial charge in [-0.3, -0.25) is 10.1 Å². The van der Waals surface area contributed by atoms with E-state index in [1.54, 1.807) is 26.8 Å². The summed E-state index contributed by atoms with van der Waals surface area (Å²) >= 11 is 0. The Morgan fingerprint density at radius 2 is 1.88 bits per heavy atom. The Balaban J connectivity index is 2.21. The minimum Gasteiger partial charge on any atom is -0.465 e. The van der Waals surface area contributed by atoms with Crippen LogP contribution in [-0.2, 0) is 15.1 Å². The molecule has 166 valence electrons. The lowest BCUT2D eigenvalue weighted by Gasteiger charge is -2.22. The van der Waals surface area contributed by atoms with Crippen LogP contribution in [0.5, 0.6) is 0 Å². The maximum absolute atomic E-state index is 13.2. The molecule has 32 heavy (non-hydrogen) atoms. The first-order valence-electron chi connectivity index (χ1n) is 9.79. The third kappa shape index (κ3) is 4.60. The van der Waals surface area contributed by atoms with Crippen LogP contribution in [0, 0.1) is 0 Å². The molecule has 9 nitrogen and oxygen atoms in total. The molecular weight excluding hydrogens is 415 g/mol. The van der Waals surface area contributed by atoms with Gasteiger partial charge in [-0.15, -0.1) is 0 Å². The molecular formula is C22H23BN2O7. The van der Waals surface area contributed by atoms with Crippen molar-refractivity contribution in [2.45, 2.75) is 45.2 Å². The summed E-state index contributed by atoms with van der Waals surface area (Å²) in [7, 11) is 6.78. The molecule has 0 aliphatic rings. The molecule has 1 atom stereocenters. The Hall–Kier alpha value is -3.40. The maximum atomic E-state index is 13.2. The number of esters is 1. The zero-order chi connectivity index (χ0) is 23.8. The van der Waals surface area contributed by atoms with Crippen LogP contribution in [0.3, 0.4) is 0 Å². The van der Waals surface area contributed by atoms with Gasteiger partial charge in [-0.1, -0.05) is 12.4 Å². The van der Waals surface area contributed by atoms with E-state index in [9.17, 15) is 19.5 Å². The monoisotopic (exact) mass is 438 g/mol. The molecule has 1 aromatic carbocycles. The van der Waals surface area contributed by atoms with Gasteiger partial charge in [-0.2, -0.15) is 4.98 Å². The molecule has 2 heterocycles. The van der Waals surface area contributed by atoms with Crippen molar-refractivity contribution in [3.8, 4) is 0 Å². The van der Waals surface area contributed by atoms with Gasteiger partial charge < -0.3 is 19.0 Å². The fourth-order valence-electron chi connectivity index (χ4n) is 3.00. The summed E-state index contributed by atoms with van der Waals surface area (Å²) in [5.41, 5.74) is -2.20. The van der Waals surface area contributed by atoms with Crippen molar-refractivity contribution in [2.24, 2.45) is 0 Å². The summed E-state index contributed by atoms with van der Waals surface area (Å²) in [6.07, 6.45) is -0.892. The van der Waals surface area contributed by atoms with E-state index in [-0.39, 0.29) is 39.8 Å². The SMILES string of the molecule is [B]CC(C)(O)c1ccc2oc3nc(NC(=O)OC(C)(C)C)c(C(=O)OC)cc3c(=O)c2c1. The quantitative estimate of drug-likeness (QED) is 0.361. The number of ether oxygens (including phenoxy) is 2. The fraction of sp³-hybridized carbons (Fsp3) is 0.364. The average molecular weight is 438 g/mol. The summed E-state index contributed by atoms with van der Waals surface area (Å²) in [6, 6.07) is 5.83. The number of hydrogen-bond donors (Lipinski definition) is 2. The molecule has 2 N–H and O–H groups in total. The maximum Gasteiger partial charge on any atom is 0.413 e. The van der Waals surface area contributed by atoms with Gasteiger partial charge in [0.2, 0.25) is 11.1 Å². The highest BCUT2D eigenvalue weighted by molar-refractivity contribution is 6.09. The van der Waals surface area contributed by atoms with Crippen molar-refractivity contribution in [1.29, 1.82) is 0 Å². The topological polar surface area (TPSA) is 128 Å². The molecule has 0 bridgehead atoms. The Morgan fingerprint density at radius 1 is 1.19 bits per heavy atom. The molecule has 3 rings (SSSR count). The van der Waals surface area contributed by atoms with Gasteiger partial charge >= 0.3 is 12.1 Å². The number of aliphatic hydroxyl groups is 1. The van der Waals surface area contributed by atoms with E-state index >= 15 is 0 Å². The van der Waals surface area contributed by atoms with E-state index < -0.39 is 28.7 Å². The average Bonchev–Trinajstić information content (AvgIpc) is 2.71. The number of anilines is 1. The van der Waals surface area contributed by atoms with E-state index in [2.05, 4.69) is 10.3 Å². The van der Waals surface area contributed by atoms with Crippen LogP contribution in [0.1, 0.15) is 43.6 Å². The fourth-order valence-corrected chi connectivity index (χ4v) is 3.00. The van der Waals surface area contributed by atoms with Crippen LogP contribution in [0.15, 0.2) is 33.5 Å². The molecule has 2 aromatic heterocycles. The van der Waals surface area contributed by atoms with Crippen LogP contribution >= 0.6 is 0 Å². The van der Waals surface area contributed by atoms with Gasteiger partial charge in [-0.05, 0) is 51.5 Å². The Morgan fingerprint density at radius 3 is 2.47 bits per heavy atom. The van der Waals surface area contributed by atoms with Crippen LogP contribution in [0.2, 0.25) is 6.32 Å². The van der Waals surface area contributed by atoms with Crippen molar-refractivity contribution in [3.63, 3.8) is 0 Å². The zero-order valence-corrected chi connectivity index (χ0v) is 18.4. The number of rotatable bonds is 4. The summed E-state index contributed by atoms with van der Waals surface area (Å²) < 4.78 is 15.7. The smallest absolute Gasteiger partial charge is 0.413 e. The minimum absolute atomic E-state index is 0.00261. The van der Waals surface area contributed by atoms with Gasteiger partial charge in [0, 0.05) is 0 Å². The van der Waals surface area contributed by atoms with Crippen LogP contribution in [0.4, 0.5) is 10.6 Å². The summed E-state index contributed by atoms with van der Waals surface area (Å²) in [4.78, 5) is 41.9. The number of benzene rings is 1. The number of nitrogens with one attached hydrogen (secondary N) is 1. The van der Waals surface area contributed by atoms with Gasteiger partial charge in [0.15, 0.2) is 5.82 Å². The minimum atomic E-state index is -1.34. The first-order valence-corrected chi connectivity index (χ1v) is 9.79. The molecule has 1 unspecified atom stereocenters. The van der Waals surface area contributed by atoms with Crippen LogP contribution < -0.4 is 10.7 Å². The number of methoxy groups -OCH3 is 1. The van der Waals surface area contributed by atoms with E-state index in [4.69, 9.17) is 21.7 Å². The van der Waals surface area contributed by atoms with E-state index in [0.29, 0.717) is 5.56 Å². The van der Waals surface area contributed by atoms with Crippen molar-refractivity contribution < 1.29 is 28.6 Å². The molecule has 10 heteroatoms. The predicted molar refractivity (Wildman–Crippen MR) is 119 cm³/mol. The number of hydrogen-bond acceptors (Lipinski definition) is 8. The highest BCUT2D eigenvalue weighted by Gasteiger charge is 2.24. The number of nitrogens with zero attached hydrogens (tertiary/aromatic N) is 1. The zero-order valence-electron chi connectivity index (χ0n) is 18.4. The van der Waals surface area contributed by atoms with Gasteiger partial charge in [-0.25, -0.2) is 9.59 Å². The third-order valence-electron chi connectivity index (χ3n) is 4.71. The summed E-state index contributed by atoms with van der Waals surface area (Å²) in [5.74, 6) is -0.992. The molecule has 2 radical (unpaired) electrons. The lowest BCUT2D eigenvalue weighted by molar-refractivity contribution is 0.0601. The van der Waals surface area contributed by atoms with E-state index in [1.807, 2.05) is 0 Å². The molecule has 0 fully saturated rings.